The van der Waals surface area contributed by atoms with Crippen LogP contribution in [0.3, 0.4) is 0 Å². The zero-order valence-electron chi connectivity index (χ0n) is 18.1. The van der Waals surface area contributed by atoms with E-state index in [9.17, 15) is 13.2 Å². The first-order chi connectivity index (χ1) is 14.8. The molecule has 0 spiro atoms. The number of nitrogens with zero attached hydrogens (tertiary/aromatic N) is 2. The monoisotopic (exact) mass is 444 g/mol. The van der Waals surface area contributed by atoms with Crippen molar-refractivity contribution in [3.05, 3.63) is 47.5 Å². The van der Waals surface area contributed by atoms with Gasteiger partial charge in [0, 0.05) is 26.2 Å². The number of aryl methyl sites for hydroxylation is 2. The molecule has 31 heavy (non-hydrogen) atoms. The van der Waals surface area contributed by atoms with Crippen molar-refractivity contribution in [1.29, 1.82) is 0 Å². The van der Waals surface area contributed by atoms with Crippen LogP contribution in [-0.4, -0.2) is 52.1 Å². The normalized spacial score (nSPS) is 18.5. The maximum Gasteiger partial charge on any atom is 0.267 e. The summed E-state index contributed by atoms with van der Waals surface area (Å²) < 4.78 is 39.2. The summed E-state index contributed by atoms with van der Waals surface area (Å²) in [6, 6.07) is 10.1. The molecule has 1 amide bonds. The lowest BCUT2D eigenvalue weighted by atomic mass is 10.1. The number of fused-ring (bicyclic) bond motifs is 1. The zero-order chi connectivity index (χ0) is 22.2. The van der Waals surface area contributed by atoms with E-state index in [-0.39, 0.29) is 17.4 Å². The summed E-state index contributed by atoms with van der Waals surface area (Å²) in [5, 5.41) is 0. The molecule has 1 saturated heterocycles. The van der Waals surface area contributed by atoms with E-state index < -0.39 is 16.1 Å². The number of likely N-dealkylation sites (tertiary alicyclic amines) is 1. The minimum Gasteiger partial charge on any atom is -0.485 e. The van der Waals surface area contributed by atoms with Crippen LogP contribution in [0.5, 0.6) is 11.5 Å². The van der Waals surface area contributed by atoms with Gasteiger partial charge in [-0.25, -0.2) is 8.42 Å². The van der Waals surface area contributed by atoms with Gasteiger partial charge in [0.2, 0.25) is 6.10 Å². The van der Waals surface area contributed by atoms with Crippen molar-refractivity contribution in [3.8, 4) is 11.5 Å². The van der Waals surface area contributed by atoms with Crippen LogP contribution >= 0.6 is 0 Å². The Morgan fingerprint density at radius 3 is 2.45 bits per heavy atom. The number of hydrogen-bond acceptors (Lipinski definition) is 5. The van der Waals surface area contributed by atoms with Crippen molar-refractivity contribution in [2.75, 3.05) is 31.0 Å². The van der Waals surface area contributed by atoms with Gasteiger partial charge in [0.05, 0.1) is 10.6 Å². The van der Waals surface area contributed by atoms with E-state index in [1.807, 2.05) is 30.9 Å². The molecule has 0 aliphatic carbocycles. The molecular weight excluding hydrogens is 416 g/mol. The number of rotatable bonds is 4. The van der Waals surface area contributed by atoms with Gasteiger partial charge in [0.1, 0.15) is 6.61 Å². The summed E-state index contributed by atoms with van der Waals surface area (Å²) >= 11 is 0. The molecule has 4 rings (SSSR count). The topological polar surface area (TPSA) is 76.2 Å². The molecule has 0 N–H and O–H groups in total. The number of benzene rings is 2. The highest BCUT2D eigenvalue weighted by Gasteiger charge is 2.33. The molecule has 166 valence electrons. The maximum atomic E-state index is 13.2. The molecular formula is C23H28N2O5S. The van der Waals surface area contributed by atoms with Crippen molar-refractivity contribution in [2.24, 2.45) is 0 Å². The third kappa shape index (κ3) is 4.21. The van der Waals surface area contributed by atoms with E-state index in [2.05, 4.69) is 0 Å². The van der Waals surface area contributed by atoms with Gasteiger partial charge in [-0.2, -0.15) is 0 Å². The zero-order valence-corrected chi connectivity index (χ0v) is 18.9. The molecule has 0 radical (unpaired) electrons. The van der Waals surface area contributed by atoms with E-state index in [1.54, 1.807) is 12.1 Å². The lowest BCUT2D eigenvalue weighted by Gasteiger charge is -2.32. The van der Waals surface area contributed by atoms with Gasteiger partial charge < -0.3 is 14.4 Å². The first-order valence-corrected chi connectivity index (χ1v) is 12.0. The molecule has 2 aliphatic rings. The van der Waals surface area contributed by atoms with Crippen molar-refractivity contribution in [2.45, 2.75) is 44.1 Å². The van der Waals surface area contributed by atoms with E-state index >= 15 is 0 Å². The molecule has 7 nitrogen and oxygen atoms in total. The van der Waals surface area contributed by atoms with Crippen LogP contribution in [0, 0.1) is 13.8 Å². The first kappa shape index (κ1) is 21.5. The largest absolute Gasteiger partial charge is 0.485 e. The van der Waals surface area contributed by atoms with Crippen molar-refractivity contribution in [3.63, 3.8) is 0 Å². The summed E-state index contributed by atoms with van der Waals surface area (Å²) in [4.78, 5) is 14.6. The summed E-state index contributed by atoms with van der Waals surface area (Å²) in [5.41, 5.74) is 2.71. The van der Waals surface area contributed by atoms with Gasteiger partial charge in [-0.05, 0) is 68.5 Å². The fourth-order valence-corrected chi connectivity index (χ4v) is 5.07. The number of carbonyl (C=O) groups excluding carboxylic acids is 1. The number of anilines is 1. The van der Waals surface area contributed by atoms with Crippen LogP contribution in [0.2, 0.25) is 0 Å². The van der Waals surface area contributed by atoms with Crippen LogP contribution in [0.1, 0.15) is 30.4 Å². The van der Waals surface area contributed by atoms with Crippen LogP contribution in [0.15, 0.2) is 41.3 Å². The van der Waals surface area contributed by atoms with Crippen LogP contribution in [0.4, 0.5) is 5.69 Å². The number of hydrogen-bond donors (Lipinski definition) is 0. The van der Waals surface area contributed by atoms with Gasteiger partial charge >= 0.3 is 0 Å². The maximum absolute atomic E-state index is 13.2. The van der Waals surface area contributed by atoms with Crippen LogP contribution in [-0.2, 0) is 14.8 Å². The second-order valence-corrected chi connectivity index (χ2v) is 10.1. The Labute approximate surface area is 183 Å². The molecule has 0 aromatic heterocycles. The lowest BCUT2D eigenvalue weighted by molar-refractivity contribution is -0.142. The number of ether oxygens (including phenoxy) is 2. The van der Waals surface area contributed by atoms with E-state index in [4.69, 9.17) is 9.47 Å². The van der Waals surface area contributed by atoms with Crippen molar-refractivity contribution >= 4 is 21.6 Å². The Balaban J connectivity index is 1.53. The minimum absolute atomic E-state index is 0.0683. The van der Waals surface area contributed by atoms with Crippen LogP contribution < -0.4 is 13.8 Å². The van der Waals surface area contributed by atoms with Gasteiger partial charge in [-0.15, -0.1) is 0 Å². The highest BCUT2D eigenvalue weighted by atomic mass is 32.2. The van der Waals surface area contributed by atoms with E-state index in [1.165, 1.54) is 23.5 Å². The highest BCUT2D eigenvalue weighted by Crippen LogP contribution is 2.36. The Morgan fingerprint density at radius 1 is 1.00 bits per heavy atom. The standard InChI is InChI=1S/C23H28N2O5S/c1-16-7-8-18(13-17(16)2)24(3)31(27,28)19-9-10-20-21(14-19)29-15-22(30-20)23(26)25-11-5-4-6-12-25/h7-10,13-14,22H,4-6,11-12,15H2,1-3H3/t22-/m0/s1. The fraction of sp³-hybridized carbons (Fsp3) is 0.435. The van der Waals surface area contributed by atoms with E-state index in [0.29, 0.717) is 17.2 Å². The molecule has 2 aromatic carbocycles. The minimum atomic E-state index is -3.78. The van der Waals surface area contributed by atoms with Gasteiger partial charge in [-0.3, -0.25) is 9.10 Å². The van der Waals surface area contributed by atoms with Gasteiger partial charge in [0.15, 0.2) is 11.5 Å². The van der Waals surface area contributed by atoms with Gasteiger partial charge in [0.25, 0.3) is 15.9 Å². The predicted molar refractivity (Wildman–Crippen MR) is 118 cm³/mol. The Kier molecular flexibility index (Phi) is 5.83. The summed E-state index contributed by atoms with van der Waals surface area (Å²) in [5.74, 6) is 0.642. The number of piperidine rings is 1. The smallest absolute Gasteiger partial charge is 0.267 e. The lowest BCUT2D eigenvalue weighted by Crippen LogP contribution is -2.48. The highest BCUT2D eigenvalue weighted by molar-refractivity contribution is 7.92. The van der Waals surface area contributed by atoms with Crippen LogP contribution in [0.25, 0.3) is 0 Å². The molecule has 8 heteroatoms. The number of carbonyl (C=O) groups is 1. The summed E-state index contributed by atoms with van der Waals surface area (Å²) in [6.07, 6.45) is 2.45. The Bertz CT molecular complexity index is 1090. The molecule has 2 aliphatic heterocycles. The molecule has 1 fully saturated rings. The number of amides is 1. The van der Waals surface area contributed by atoms with E-state index in [0.717, 1.165) is 43.5 Å². The molecule has 2 aromatic rings. The SMILES string of the molecule is Cc1ccc(N(C)S(=O)(=O)c2ccc3c(c2)OC[C@@H](C(=O)N2CCCCC2)O3)cc1C. The van der Waals surface area contributed by atoms with Crippen molar-refractivity contribution < 1.29 is 22.7 Å². The fourth-order valence-electron chi connectivity index (χ4n) is 3.87. The molecule has 1 atom stereocenters. The number of sulfonamides is 1. The summed E-state index contributed by atoms with van der Waals surface area (Å²) in [7, 11) is -2.25. The van der Waals surface area contributed by atoms with Gasteiger partial charge in [-0.1, -0.05) is 6.07 Å². The second-order valence-electron chi connectivity index (χ2n) is 8.15. The average Bonchev–Trinajstić information content (AvgIpc) is 2.79. The molecule has 2 heterocycles. The quantitative estimate of drug-likeness (QED) is 0.723. The second kappa shape index (κ2) is 8.42. The molecule has 0 bridgehead atoms. The Hall–Kier alpha value is -2.74. The van der Waals surface area contributed by atoms with Crippen molar-refractivity contribution in [1.82, 2.24) is 4.90 Å². The molecule has 0 saturated carbocycles. The first-order valence-electron chi connectivity index (χ1n) is 10.6. The predicted octanol–water partition coefficient (Wildman–Crippen LogP) is 3.28. The Morgan fingerprint density at radius 2 is 1.74 bits per heavy atom. The third-order valence-corrected chi connectivity index (χ3v) is 7.81. The summed E-state index contributed by atoms with van der Waals surface area (Å²) in [6.45, 7) is 5.49. The average molecular weight is 445 g/mol. The third-order valence-electron chi connectivity index (χ3n) is 6.03. The molecule has 0 unspecified atom stereocenters.